The molecule has 0 spiro atoms. The number of nitrogens with zero attached hydrogens (tertiary/aromatic N) is 4. The molecule has 35 heavy (non-hydrogen) atoms. The molecule has 5 rings (SSSR count). The van der Waals surface area contributed by atoms with Gasteiger partial charge >= 0.3 is 6.09 Å². The normalized spacial score (nSPS) is 13.2. The summed E-state index contributed by atoms with van der Waals surface area (Å²) in [5.74, 6) is 0.0913. The van der Waals surface area contributed by atoms with Crippen LogP contribution in [0.1, 0.15) is 17.0 Å². The Hall–Kier alpha value is -3.83. The van der Waals surface area contributed by atoms with Gasteiger partial charge < -0.3 is 10.1 Å². The van der Waals surface area contributed by atoms with E-state index < -0.39 is 17.1 Å². The monoisotopic (exact) mass is 505 g/mol. The van der Waals surface area contributed by atoms with Gasteiger partial charge in [0.2, 0.25) is 0 Å². The van der Waals surface area contributed by atoms with Crippen molar-refractivity contribution in [1.29, 1.82) is 0 Å². The van der Waals surface area contributed by atoms with Gasteiger partial charge in [-0.05, 0) is 28.3 Å². The van der Waals surface area contributed by atoms with Gasteiger partial charge in [-0.25, -0.2) is 9.48 Å². The quantitative estimate of drug-likeness (QED) is 0.173. The van der Waals surface area contributed by atoms with Crippen molar-refractivity contribution in [2.45, 2.75) is 12.0 Å². The third kappa shape index (κ3) is 4.24. The van der Waals surface area contributed by atoms with E-state index in [9.17, 15) is 14.9 Å². The number of fused-ring (bicyclic) bond motifs is 4. The first-order chi connectivity index (χ1) is 17.0. The molecule has 3 aromatic carbocycles. The van der Waals surface area contributed by atoms with Crippen molar-refractivity contribution in [3.05, 3.63) is 88.0 Å². The number of nitrogens with one attached hydrogen (secondary N) is 1. The molecule has 0 saturated heterocycles. The molecule has 0 saturated carbocycles. The van der Waals surface area contributed by atoms with Crippen LogP contribution in [-0.4, -0.2) is 49.4 Å². The molecule has 4 aromatic rings. The average molecular weight is 506 g/mol. The van der Waals surface area contributed by atoms with Crippen molar-refractivity contribution >= 4 is 52.6 Å². The summed E-state index contributed by atoms with van der Waals surface area (Å²) in [6.45, 7) is 0.157. The molecular formula is C24H19N5O4S2. The predicted molar refractivity (Wildman–Crippen MR) is 138 cm³/mol. The minimum Gasteiger partial charge on any atom is -0.449 e. The molecule has 1 atom stereocenters. The minimum absolute atomic E-state index is 0.0747. The van der Waals surface area contributed by atoms with E-state index in [4.69, 9.17) is 17.0 Å². The van der Waals surface area contributed by atoms with Gasteiger partial charge in [0.1, 0.15) is 22.6 Å². The average Bonchev–Trinajstić information content (AvgIpc) is 3.44. The number of nitro benzene ring substituents is 1. The highest BCUT2D eigenvalue weighted by Crippen LogP contribution is 2.44. The predicted octanol–water partition coefficient (Wildman–Crippen LogP) is 4.35. The van der Waals surface area contributed by atoms with Crippen LogP contribution < -0.4 is 5.32 Å². The fourth-order valence-electron chi connectivity index (χ4n) is 4.30. The molecule has 1 aliphatic rings. The van der Waals surface area contributed by atoms with Crippen LogP contribution >= 0.6 is 24.8 Å². The Bertz CT molecular complexity index is 1430. The van der Waals surface area contributed by atoms with Gasteiger partial charge in [-0.15, -0.1) is 5.10 Å². The van der Waals surface area contributed by atoms with Gasteiger partial charge in [0.25, 0.3) is 5.69 Å². The zero-order valence-corrected chi connectivity index (χ0v) is 19.9. The molecule has 0 aliphatic heterocycles. The van der Waals surface area contributed by atoms with Crippen LogP contribution in [0, 0.1) is 10.1 Å². The van der Waals surface area contributed by atoms with E-state index in [1.807, 2.05) is 36.4 Å². The second kappa shape index (κ2) is 9.43. The first-order valence-corrected chi connectivity index (χ1v) is 11.8. The Balaban J connectivity index is 1.30. The van der Waals surface area contributed by atoms with E-state index in [1.54, 1.807) is 0 Å². The molecule has 0 unspecified atom stereocenters. The van der Waals surface area contributed by atoms with Gasteiger partial charge in [0.05, 0.1) is 11.0 Å². The van der Waals surface area contributed by atoms with Crippen LogP contribution in [0.15, 0.2) is 66.7 Å². The van der Waals surface area contributed by atoms with Crippen LogP contribution in [0.25, 0.3) is 22.2 Å². The second-order valence-electron chi connectivity index (χ2n) is 7.97. The van der Waals surface area contributed by atoms with E-state index in [0.29, 0.717) is 11.0 Å². The first-order valence-electron chi connectivity index (χ1n) is 10.7. The number of rotatable bonds is 6. The Kier molecular flexibility index (Phi) is 6.18. The van der Waals surface area contributed by atoms with Gasteiger partial charge in [0, 0.05) is 23.8 Å². The summed E-state index contributed by atoms with van der Waals surface area (Å²) >= 11 is 9.83. The van der Waals surface area contributed by atoms with E-state index in [0.717, 1.165) is 22.3 Å². The number of thiocarbonyl (C=S) groups is 1. The Morgan fingerprint density at radius 2 is 1.80 bits per heavy atom. The lowest BCUT2D eigenvalue weighted by atomic mass is 9.98. The fourth-order valence-corrected chi connectivity index (χ4v) is 4.96. The molecule has 1 aliphatic carbocycles. The zero-order chi connectivity index (χ0) is 24.5. The highest BCUT2D eigenvalue weighted by Gasteiger charge is 2.29. The standard InChI is InChI=1S/C24H19N5O4S2/c30-24(33-12-19-17-7-3-1-5-15(17)16-6-2-4-8-18(16)19)25-21(13-34)23(35)28-22-11-14(29(31)32)9-10-20(22)26-27-28/h1-11,19,21,34H,12-13H2,(H,25,30)/t21-/m1/s1. The van der Waals surface area contributed by atoms with Gasteiger partial charge in [-0.1, -0.05) is 66.0 Å². The smallest absolute Gasteiger partial charge is 0.407 e. The number of non-ortho nitro benzene ring substituents is 1. The minimum atomic E-state index is -0.715. The number of carbonyl (C=O) groups is 1. The van der Waals surface area contributed by atoms with Crippen LogP contribution in [0.4, 0.5) is 10.5 Å². The van der Waals surface area contributed by atoms with Crippen LogP contribution in [-0.2, 0) is 4.74 Å². The van der Waals surface area contributed by atoms with Crippen molar-refractivity contribution in [3.63, 3.8) is 0 Å². The maximum atomic E-state index is 12.7. The summed E-state index contributed by atoms with van der Waals surface area (Å²) in [6.07, 6.45) is -0.649. The number of nitro groups is 1. The number of benzene rings is 3. The van der Waals surface area contributed by atoms with Crippen molar-refractivity contribution < 1.29 is 14.5 Å². The molecule has 1 amide bonds. The SMILES string of the molecule is O=C(N[C@H](CS)C(=S)n1nnc2ccc([N+](=O)[O-])cc21)OCC1c2ccccc2-c2ccccc21. The van der Waals surface area contributed by atoms with Crippen LogP contribution in [0.2, 0.25) is 0 Å². The Labute approximate surface area is 210 Å². The van der Waals surface area contributed by atoms with Crippen molar-refractivity contribution in [1.82, 2.24) is 20.3 Å². The Morgan fingerprint density at radius 1 is 1.14 bits per heavy atom. The van der Waals surface area contributed by atoms with E-state index in [-0.39, 0.29) is 29.0 Å². The highest BCUT2D eigenvalue weighted by molar-refractivity contribution is 7.81. The zero-order valence-electron chi connectivity index (χ0n) is 18.2. The van der Waals surface area contributed by atoms with Gasteiger partial charge in [-0.2, -0.15) is 12.6 Å². The number of hydrogen-bond acceptors (Lipinski definition) is 8. The van der Waals surface area contributed by atoms with Crippen molar-refractivity contribution in [3.8, 4) is 11.1 Å². The van der Waals surface area contributed by atoms with Crippen LogP contribution in [0.3, 0.4) is 0 Å². The summed E-state index contributed by atoms with van der Waals surface area (Å²) in [5.41, 5.74) is 5.19. The molecule has 0 fully saturated rings. The number of hydrogen-bond donors (Lipinski definition) is 2. The summed E-state index contributed by atoms with van der Waals surface area (Å²) in [4.78, 5) is 23.5. The third-order valence-corrected chi connectivity index (χ3v) is 6.79. The molecule has 9 nitrogen and oxygen atoms in total. The third-order valence-electron chi connectivity index (χ3n) is 5.97. The molecule has 1 heterocycles. The lowest BCUT2D eigenvalue weighted by molar-refractivity contribution is -0.384. The number of alkyl carbamates (subject to hydrolysis) is 1. The van der Waals surface area contributed by atoms with Gasteiger partial charge in [0.15, 0.2) is 0 Å². The molecular weight excluding hydrogens is 486 g/mol. The molecule has 11 heteroatoms. The summed E-state index contributed by atoms with van der Waals surface area (Å²) in [5, 5.41) is 21.9. The molecule has 0 radical (unpaired) electrons. The number of amides is 1. The van der Waals surface area contributed by atoms with Gasteiger partial charge in [-0.3, -0.25) is 10.1 Å². The lowest BCUT2D eigenvalue weighted by Gasteiger charge is -2.19. The summed E-state index contributed by atoms with van der Waals surface area (Å²) < 4.78 is 6.89. The largest absolute Gasteiger partial charge is 0.449 e. The molecule has 1 aromatic heterocycles. The maximum Gasteiger partial charge on any atom is 0.407 e. The van der Waals surface area contributed by atoms with E-state index >= 15 is 0 Å². The molecule has 176 valence electrons. The second-order valence-corrected chi connectivity index (χ2v) is 8.76. The maximum absolute atomic E-state index is 12.7. The molecule has 0 bridgehead atoms. The van der Waals surface area contributed by atoms with E-state index in [2.05, 4.69) is 40.4 Å². The van der Waals surface area contributed by atoms with Crippen molar-refractivity contribution in [2.24, 2.45) is 0 Å². The topological polar surface area (TPSA) is 112 Å². The molecule has 1 N–H and O–H groups in total. The summed E-state index contributed by atoms with van der Waals surface area (Å²) in [6, 6.07) is 19.6. The number of thiol groups is 1. The highest BCUT2D eigenvalue weighted by atomic mass is 32.1. The lowest BCUT2D eigenvalue weighted by Crippen LogP contribution is -2.44. The van der Waals surface area contributed by atoms with Crippen LogP contribution in [0.5, 0.6) is 0 Å². The fraction of sp³-hybridized carbons (Fsp3) is 0.167. The number of carbonyl (C=O) groups excluding carboxylic acids is 1. The Morgan fingerprint density at radius 3 is 2.43 bits per heavy atom. The summed E-state index contributed by atoms with van der Waals surface area (Å²) in [7, 11) is 0. The number of aromatic nitrogens is 3. The van der Waals surface area contributed by atoms with E-state index in [1.165, 1.54) is 22.9 Å². The number of ether oxygens (including phenoxy) is 1. The first kappa shape index (κ1) is 22.9. The van der Waals surface area contributed by atoms with Crippen molar-refractivity contribution in [2.75, 3.05) is 12.4 Å².